The fourth-order valence-electron chi connectivity index (χ4n) is 5.10. The normalized spacial score (nSPS) is 19.0. The van der Waals surface area contributed by atoms with Crippen LogP contribution >= 0.6 is 0 Å². The number of fused-ring (bicyclic) bond motifs is 2. The van der Waals surface area contributed by atoms with Crippen molar-refractivity contribution in [2.45, 2.75) is 58.7 Å². The molecule has 8 nitrogen and oxygen atoms in total. The summed E-state index contributed by atoms with van der Waals surface area (Å²) in [6, 6.07) is 16.7. The van der Waals surface area contributed by atoms with Crippen LogP contribution in [0.3, 0.4) is 0 Å². The predicted octanol–water partition coefficient (Wildman–Crippen LogP) is 5.20. The lowest BCUT2D eigenvalue weighted by atomic mass is 10.1. The number of nitrogens with zero attached hydrogens (tertiary/aromatic N) is 6. The second-order valence-corrected chi connectivity index (χ2v) is 10.5. The van der Waals surface area contributed by atoms with Gasteiger partial charge in [-0.15, -0.1) is 0 Å². The molecule has 0 saturated carbocycles. The van der Waals surface area contributed by atoms with Gasteiger partial charge in [0.25, 0.3) is 0 Å². The summed E-state index contributed by atoms with van der Waals surface area (Å²) in [7, 11) is 0. The third-order valence-corrected chi connectivity index (χ3v) is 6.67. The van der Waals surface area contributed by atoms with Gasteiger partial charge in [-0.1, -0.05) is 18.2 Å². The molecule has 2 aliphatic heterocycles. The van der Waals surface area contributed by atoms with E-state index in [9.17, 15) is 4.79 Å². The standard InChI is InChI=1S/C28H34N6O2/c1-6-32(21-10-8-7-9-11-21)25-15-20(12-13-29-25)24-14-19(2)30-26(31-24)33-17-23-16-22(33)18-34(23)27(35)36-28(3,4)5/h7-15,22-23H,6,16-18H2,1-5H3. The topological polar surface area (TPSA) is 74.7 Å². The third kappa shape index (κ3) is 4.85. The number of anilines is 3. The lowest BCUT2D eigenvalue weighted by Gasteiger charge is -2.35. The lowest BCUT2D eigenvalue weighted by molar-refractivity contribution is 0.0214. The minimum absolute atomic E-state index is 0.119. The Morgan fingerprint density at radius 1 is 1.08 bits per heavy atom. The summed E-state index contributed by atoms with van der Waals surface area (Å²) in [5.41, 5.74) is 3.39. The number of benzene rings is 1. The Hall–Kier alpha value is -3.68. The molecule has 2 unspecified atom stereocenters. The van der Waals surface area contributed by atoms with Crippen molar-refractivity contribution in [2.75, 3.05) is 29.4 Å². The fourth-order valence-corrected chi connectivity index (χ4v) is 5.10. The predicted molar refractivity (Wildman–Crippen MR) is 142 cm³/mol. The van der Waals surface area contributed by atoms with Crippen molar-refractivity contribution in [2.24, 2.45) is 0 Å². The summed E-state index contributed by atoms with van der Waals surface area (Å²) < 4.78 is 5.61. The zero-order valence-electron chi connectivity index (χ0n) is 21.7. The number of pyridine rings is 1. The van der Waals surface area contributed by atoms with Crippen molar-refractivity contribution in [1.29, 1.82) is 0 Å². The van der Waals surface area contributed by atoms with Gasteiger partial charge in [-0.2, -0.15) is 0 Å². The molecule has 0 aliphatic carbocycles. The Morgan fingerprint density at radius 2 is 1.86 bits per heavy atom. The Kier molecular flexibility index (Phi) is 6.28. The van der Waals surface area contributed by atoms with Crippen molar-refractivity contribution in [1.82, 2.24) is 19.9 Å². The van der Waals surface area contributed by atoms with Crippen molar-refractivity contribution in [3.05, 3.63) is 60.4 Å². The second kappa shape index (κ2) is 9.41. The molecule has 2 fully saturated rings. The summed E-state index contributed by atoms with van der Waals surface area (Å²) in [5.74, 6) is 1.60. The summed E-state index contributed by atoms with van der Waals surface area (Å²) >= 11 is 0. The van der Waals surface area contributed by atoms with Crippen molar-refractivity contribution >= 4 is 23.5 Å². The Bertz CT molecular complexity index is 1240. The van der Waals surface area contributed by atoms with Crippen LogP contribution in [0, 0.1) is 6.92 Å². The van der Waals surface area contributed by atoms with Crippen LogP contribution in [-0.2, 0) is 4.74 Å². The van der Waals surface area contributed by atoms with Crippen LogP contribution in [0.25, 0.3) is 11.3 Å². The minimum Gasteiger partial charge on any atom is -0.444 e. The zero-order valence-corrected chi connectivity index (χ0v) is 21.7. The highest BCUT2D eigenvalue weighted by molar-refractivity contribution is 5.71. The first-order valence-electron chi connectivity index (χ1n) is 12.6. The van der Waals surface area contributed by atoms with Crippen LogP contribution in [0.2, 0.25) is 0 Å². The van der Waals surface area contributed by atoms with E-state index in [1.165, 1.54) is 0 Å². The number of carbonyl (C=O) groups is 1. The summed E-state index contributed by atoms with van der Waals surface area (Å²) in [4.78, 5) is 33.3. The molecule has 2 saturated heterocycles. The maximum atomic E-state index is 12.6. The molecule has 2 aliphatic rings. The SMILES string of the molecule is CCN(c1ccccc1)c1cc(-c2cc(C)nc(N3CC4CC3CN4C(=O)OC(C)(C)C)n2)ccn1. The number of para-hydroxylation sites is 1. The highest BCUT2D eigenvalue weighted by Crippen LogP contribution is 2.35. The maximum Gasteiger partial charge on any atom is 0.410 e. The van der Waals surface area contributed by atoms with Crippen LogP contribution in [-0.4, -0.2) is 63.3 Å². The van der Waals surface area contributed by atoms with Crippen LogP contribution < -0.4 is 9.80 Å². The minimum atomic E-state index is -0.496. The molecular formula is C28H34N6O2. The van der Waals surface area contributed by atoms with E-state index in [0.29, 0.717) is 13.1 Å². The molecule has 0 radical (unpaired) electrons. The average Bonchev–Trinajstić information content (AvgIpc) is 3.46. The Labute approximate surface area is 212 Å². The van der Waals surface area contributed by atoms with Gasteiger partial charge < -0.3 is 19.4 Å². The lowest BCUT2D eigenvalue weighted by Crippen LogP contribution is -2.50. The summed E-state index contributed by atoms with van der Waals surface area (Å²) in [5, 5.41) is 0. The van der Waals surface area contributed by atoms with Crippen molar-refractivity contribution in [3.8, 4) is 11.3 Å². The van der Waals surface area contributed by atoms with Gasteiger partial charge in [0, 0.05) is 42.8 Å². The number of carbonyl (C=O) groups excluding carboxylic acids is 1. The summed E-state index contributed by atoms with van der Waals surface area (Å²) in [6.07, 6.45) is 2.52. The van der Waals surface area contributed by atoms with E-state index in [-0.39, 0.29) is 18.2 Å². The molecule has 3 aromatic rings. The number of ether oxygens (including phenoxy) is 1. The van der Waals surface area contributed by atoms with E-state index in [1.54, 1.807) is 0 Å². The van der Waals surface area contributed by atoms with Crippen LogP contribution in [0.4, 0.5) is 22.2 Å². The molecule has 5 rings (SSSR count). The van der Waals surface area contributed by atoms with E-state index in [1.807, 2.05) is 69.1 Å². The molecule has 2 aromatic heterocycles. The quantitative estimate of drug-likeness (QED) is 0.490. The molecule has 0 spiro atoms. The Morgan fingerprint density at radius 3 is 2.53 bits per heavy atom. The molecule has 2 bridgehead atoms. The number of aromatic nitrogens is 3. The first-order chi connectivity index (χ1) is 17.2. The van der Waals surface area contributed by atoms with Crippen molar-refractivity contribution < 1.29 is 9.53 Å². The molecule has 2 atom stereocenters. The third-order valence-electron chi connectivity index (χ3n) is 6.67. The van der Waals surface area contributed by atoms with Crippen LogP contribution in [0.5, 0.6) is 0 Å². The first-order valence-corrected chi connectivity index (χ1v) is 12.6. The number of hydrogen-bond acceptors (Lipinski definition) is 7. The number of piperazine rings is 1. The number of aryl methyl sites for hydroxylation is 1. The molecular weight excluding hydrogens is 452 g/mol. The van der Waals surface area contributed by atoms with Crippen LogP contribution in [0.15, 0.2) is 54.7 Å². The number of hydrogen-bond donors (Lipinski definition) is 0. The van der Waals surface area contributed by atoms with Gasteiger partial charge in [0.05, 0.1) is 17.8 Å². The smallest absolute Gasteiger partial charge is 0.410 e. The maximum absolute atomic E-state index is 12.6. The molecule has 36 heavy (non-hydrogen) atoms. The zero-order chi connectivity index (χ0) is 25.4. The van der Waals surface area contributed by atoms with Gasteiger partial charge in [0.1, 0.15) is 11.4 Å². The summed E-state index contributed by atoms with van der Waals surface area (Å²) in [6.45, 7) is 12.0. The highest BCUT2D eigenvalue weighted by atomic mass is 16.6. The van der Waals surface area contributed by atoms with Gasteiger partial charge in [0.15, 0.2) is 0 Å². The van der Waals surface area contributed by atoms with Gasteiger partial charge >= 0.3 is 6.09 Å². The first kappa shape index (κ1) is 24.0. The second-order valence-electron chi connectivity index (χ2n) is 10.5. The van der Waals surface area contributed by atoms with Gasteiger partial charge in [-0.05, 0) is 71.4 Å². The van der Waals surface area contributed by atoms with E-state index in [2.05, 4.69) is 39.9 Å². The van der Waals surface area contributed by atoms with E-state index < -0.39 is 5.60 Å². The molecule has 4 heterocycles. The number of likely N-dealkylation sites (tertiary alicyclic amines) is 1. The van der Waals surface area contributed by atoms with Crippen molar-refractivity contribution in [3.63, 3.8) is 0 Å². The monoisotopic (exact) mass is 486 g/mol. The van der Waals surface area contributed by atoms with E-state index in [0.717, 1.165) is 47.4 Å². The van der Waals surface area contributed by atoms with E-state index in [4.69, 9.17) is 14.7 Å². The average molecular weight is 487 g/mol. The van der Waals surface area contributed by atoms with Gasteiger partial charge in [-0.3, -0.25) is 0 Å². The van der Waals surface area contributed by atoms with E-state index >= 15 is 0 Å². The molecule has 0 N–H and O–H groups in total. The Balaban J connectivity index is 1.38. The fraction of sp³-hybridized carbons (Fsp3) is 0.429. The van der Waals surface area contributed by atoms with Gasteiger partial charge in [-0.25, -0.2) is 19.7 Å². The number of amides is 1. The number of rotatable bonds is 5. The van der Waals surface area contributed by atoms with Crippen LogP contribution in [0.1, 0.15) is 39.8 Å². The highest BCUT2D eigenvalue weighted by Gasteiger charge is 2.47. The molecule has 1 aromatic carbocycles. The molecule has 8 heteroatoms. The molecule has 188 valence electrons. The largest absolute Gasteiger partial charge is 0.444 e. The molecule has 1 amide bonds. The van der Waals surface area contributed by atoms with Gasteiger partial charge in [0.2, 0.25) is 5.95 Å².